The molecule has 2 unspecified atom stereocenters. The van der Waals surface area contributed by atoms with Crippen molar-refractivity contribution in [3.8, 4) is 11.5 Å². The summed E-state index contributed by atoms with van der Waals surface area (Å²) >= 11 is 0. The number of nitrogens with one attached hydrogen (secondary N) is 4. The van der Waals surface area contributed by atoms with Crippen LogP contribution >= 0.6 is 0 Å². The molecule has 5 N–H and O–H groups in total. The van der Waals surface area contributed by atoms with Gasteiger partial charge in [-0.15, -0.1) is 0 Å². The zero-order valence-electron chi connectivity index (χ0n) is 36.8. The molecule has 19 nitrogen and oxygen atoms in total. The maximum absolute atomic E-state index is 13.6. The van der Waals surface area contributed by atoms with Gasteiger partial charge in [-0.1, -0.05) is 12.1 Å². The van der Waals surface area contributed by atoms with E-state index in [1.54, 1.807) is 60.7 Å². The third kappa shape index (κ3) is 10.9. The van der Waals surface area contributed by atoms with Crippen molar-refractivity contribution in [1.82, 2.24) is 20.5 Å². The summed E-state index contributed by atoms with van der Waals surface area (Å²) in [5.74, 6) is -5.68. The van der Waals surface area contributed by atoms with E-state index in [-0.39, 0.29) is 100 Å². The first-order chi connectivity index (χ1) is 33.3. The largest absolute Gasteiger partial charge is 0.491 e. The third-order valence-electron chi connectivity index (χ3n) is 11.5. The number of aromatic amines is 1. The highest BCUT2D eigenvalue weighted by Gasteiger charge is 2.52. The van der Waals surface area contributed by atoms with Crippen molar-refractivity contribution in [2.24, 2.45) is 0 Å². The Hall–Kier alpha value is -7.59. The number of hydrogen-bond donors (Lipinski definition) is 5. The fourth-order valence-corrected chi connectivity index (χ4v) is 8.05. The summed E-state index contributed by atoms with van der Waals surface area (Å²) in [6, 6.07) is 19.6. The van der Waals surface area contributed by atoms with E-state index >= 15 is 0 Å². The molecule has 5 aromatic rings. The van der Waals surface area contributed by atoms with Gasteiger partial charge in [-0.2, -0.15) is 0 Å². The number of aliphatic hydroxyl groups is 1. The molecule has 0 aliphatic carbocycles. The van der Waals surface area contributed by atoms with E-state index in [1.807, 2.05) is 0 Å². The minimum absolute atomic E-state index is 0.0203. The maximum Gasteiger partial charge on any atom is 0.272 e. The third-order valence-corrected chi connectivity index (χ3v) is 11.5. The molecule has 1 aromatic heterocycles. The SMILES string of the molecule is O=C1CCC(N2C(=O)c3cccc(OCCOCCOCCOCCOc4cccc(NC(=O)c5cc6cc(N7CCC(O)(C(=O)NCc8cc(F)cc(F)c8)C7=O)ccc6[nH]5)c4)c3C2=O)C(=O)N1. The molecule has 7 amide bonds. The quantitative estimate of drug-likeness (QED) is 0.0403. The Bertz CT molecular complexity index is 2800. The van der Waals surface area contributed by atoms with Crippen LogP contribution < -0.4 is 30.3 Å². The van der Waals surface area contributed by atoms with Crippen LogP contribution in [0.1, 0.15) is 56.0 Å². The van der Waals surface area contributed by atoms with Gasteiger partial charge in [-0.05, 0) is 72.6 Å². The van der Waals surface area contributed by atoms with E-state index in [0.29, 0.717) is 47.3 Å². The number of carbonyl (C=O) groups is 7. The van der Waals surface area contributed by atoms with Crippen LogP contribution in [0.15, 0.2) is 84.9 Å². The Morgan fingerprint density at radius 2 is 1.48 bits per heavy atom. The smallest absolute Gasteiger partial charge is 0.272 e. The van der Waals surface area contributed by atoms with E-state index < -0.39 is 64.6 Å². The van der Waals surface area contributed by atoms with Gasteiger partial charge in [0.2, 0.25) is 17.4 Å². The topological polar surface area (TPSA) is 244 Å². The molecule has 8 rings (SSSR count). The van der Waals surface area contributed by atoms with Crippen LogP contribution in [0, 0.1) is 11.6 Å². The monoisotopic (exact) mass is 952 g/mol. The number of hydrogen-bond acceptors (Lipinski definition) is 13. The van der Waals surface area contributed by atoms with Gasteiger partial charge in [0.25, 0.3) is 29.5 Å². The predicted molar refractivity (Wildman–Crippen MR) is 239 cm³/mol. The molecule has 0 radical (unpaired) electrons. The summed E-state index contributed by atoms with van der Waals surface area (Å²) in [6.45, 7) is 1.62. The number of halogens is 2. The normalized spacial score (nSPS) is 17.9. The first-order valence-electron chi connectivity index (χ1n) is 21.9. The molecule has 4 aromatic carbocycles. The minimum atomic E-state index is -2.39. The lowest BCUT2D eigenvalue weighted by atomic mass is 10.0. The van der Waals surface area contributed by atoms with Crippen LogP contribution in [0.2, 0.25) is 0 Å². The van der Waals surface area contributed by atoms with Crippen LogP contribution in [0.25, 0.3) is 10.9 Å². The average Bonchev–Trinajstić information content (AvgIpc) is 3.97. The standard InChI is InChI=1S/C48H46F2N6O13/c49-30-21-28(22-31(50)25-30)27-51-46(62)48(64)11-12-55(47(48)63)33-7-8-36-29(23-33)24-37(53-36)42(58)52-32-3-1-4-34(26-32)68-19-17-66-15-13-65-14-16-67-18-20-69-39-6-2-5-35-41(39)45(61)56(44(35)60)38-9-10-40(57)54-43(38)59/h1-8,21-26,38,53,64H,9-20,27H2,(H,51,62)(H,52,58)(H,54,57,59). The molecule has 0 spiro atoms. The van der Waals surface area contributed by atoms with Crippen molar-refractivity contribution in [1.29, 1.82) is 0 Å². The lowest BCUT2D eigenvalue weighted by Crippen LogP contribution is -2.54. The zero-order valence-corrected chi connectivity index (χ0v) is 36.8. The second-order valence-corrected chi connectivity index (χ2v) is 16.1. The lowest BCUT2D eigenvalue weighted by Gasteiger charge is -2.27. The summed E-state index contributed by atoms with van der Waals surface area (Å²) in [6.07, 6.45) is -0.139. The van der Waals surface area contributed by atoms with Crippen LogP contribution in [-0.2, 0) is 39.9 Å². The molecule has 2 saturated heterocycles. The Morgan fingerprint density at radius 1 is 0.783 bits per heavy atom. The van der Waals surface area contributed by atoms with Gasteiger partial charge >= 0.3 is 0 Å². The molecule has 2 fully saturated rings. The van der Waals surface area contributed by atoms with Gasteiger partial charge in [0, 0.05) is 60.3 Å². The number of anilines is 2. The van der Waals surface area contributed by atoms with Crippen LogP contribution in [0.4, 0.5) is 20.2 Å². The highest BCUT2D eigenvalue weighted by atomic mass is 19.1. The molecular formula is C48H46F2N6O13. The summed E-state index contributed by atoms with van der Waals surface area (Å²) < 4.78 is 55.4. The Morgan fingerprint density at radius 3 is 2.20 bits per heavy atom. The zero-order chi connectivity index (χ0) is 48.7. The molecule has 3 aliphatic rings. The van der Waals surface area contributed by atoms with Gasteiger partial charge in [-0.25, -0.2) is 8.78 Å². The van der Waals surface area contributed by atoms with Crippen molar-refractivity contribution in [3.63, 3.8) is 0 Å². The number of ether oxygens (including phenoxy) is 5. The van der Waals surface area contributed by atoms with Crippen molar-refractivity contribution >= 4 is 63.6 Å². The second-order valence-electron chi connectivity index (χ2n) is 16.1. The number of aromatic nitrogens is 1. The number of fused-ring (bicyclic) bond motifs is 2. The van der Waals surface area contributed by atoms with Gasteiger partial charge < -0.3 is 49.3 Å². The molecule has 2 atom stereocenters. The van der Waals surface area contributed by atoms with Crippen LogP contribution in [0.3, 0.4) is 0 Å². The maximum atomic E-state index is 13.6. The molecule has 0 bridgehead atoms. The van der Waals surface area contributed by atoms with Gasteiger partial charge in [0.15, 0.2) is 0 Å². The summed E-state index contributed by atoms with van der Waals surface area (Å²) in [4.78, 5) is 94.8. The fraction of sp³-hybridized carbons (Fsp3) is 0.312. The van der Waals surface area contributed by atoms with Gasteiger partial charge in [-0.3, -0.25) is 43.8 Å². The number of benzene rings is 4. The summed E-state index contributed by atoms with van der Waals surface area (Å²) in [5.41, 5.74) is -0.390. The van der Waals surface area contributed by atoms with E-state index in [0.717, 1.165) is 17.0 Å². The predicted octanol–water partition coefficient (Wildman–Crippen LogP) is 3.39. The number of piperidine rings is 1. The number of rotatable bonds is 21. The number of carbonyl (C=O) groups excluding carboxylic acids is 7. The number of amides is 7. The Balaban J connectivity index is 0.701. The van der Waals surface area contributed by atoms with Crippen molar-refractivity contribution < 1.29 is 71.1 Å². The van der Waals surface area contributed by atoms with Crippen molar-refractivity contribution in [2.75, 3.05) is 69.6 Å². The highest BCUT2D eigenvalue weighted by Crippen LogP contribution is 2.34. The molecule has 3 aliphatic heterocycles. The Kier molecular flexibility index (Phi) is 14.7. The average molecular weight is 953 g/mol. The van der Waals surface area contributed by atoms with Crippen LogP contribution in [0.5, 0.6) is 11.5 Å². The van der Waals surface area contributed by atoms with E-state index in [1.165, 1.54) is 11.0 Å². The summed E-state index contributed by atoms with van der Waals surface area (Å²) in [5, 5.41) is 19.0. The molecular weight excluding hydrogens is 907 g/mol. The first-order valence-corrected chi connectivity index (χ1v) is 21.9. The van der Waals surface area contributed by atoms with Gasteiger partial charge in [0.05, 0.1) is 50.8 Å². The molecule has 0 saturated carbocycles. The molecule has 69 heavy (non-hydrogen) atoms. The van der Waals surface area contributed by atoms with E-state index in [4.69, 9.17) is 23.7 Å². The second kappa shape index (κ2) is 21.1. The first kappa shape index (κ1) is 47.9. The number of H-pyrrole nitrogens is 1. The molecule has 4 heterocycles. The minimum Gasteiger partial charge on any atom is -0.491 e. The van der Waals surface area contributed by atoms with Crippen molar-refractivity contribution in [3.05, 3.63) is 119 Å². The molecule has 360 valence electrons. The van der Waals surface area contributed by atoms with Gasteiger partial charge in [0.1, 0.15) is 48.1 Å². The Labute approximate surface area is 391 Å². The van der Waals surface area contributed by atoms with Crippen molar-refractivity contribution in [2.45, 2.75) is 37.5 Å². The lowest BCUT2D eigenvalue weighted by molar-refractivity contribution is -0.149. The van der Waals surface area contributed by atoms with Crippen LogP contribution in [-0.4, -0.2) is 127 Å². The highest BCUT2D eigenvalue weighted by molar-refractivity contribution is 6.24. The number of nitrogens with zero attached hydrogens (tertiary/aromatic N) is 2. The van der Waals surface area contributed by atoms with E-state index in [2.05, 4.69) is 20.9 Å². The van der Waals surface area contributed by atoms with E-state index in [9.17, 15) is 47.4 Å². The number of imide groups is 2. The fourth-order valence-electron chi connectivity index (χ4n) is 8.05. The molecule has 21 heteroatoms. The summed E-state index contributed by atoms with van der Waals surface area (Å²) in [7, 11) is 0.